The first-order chi connectivity index (χ1) is 41.1. The molecule has 0 spiro atoms. The van der Waals surface area contributed by atoms with Crippen molar-refractivity contribution in [3.63, 3.8) is 0 Å². The molecule has 0 radical (unpaired) electrons. The van der Waals surface area contributed by atoms with E-state index in [9.17, 15) is 0 Å². The second-order valence-corrected chi connectivity index (χ2v) is 21.7. The molecule has 83 heavy (non-hydrogen) atoms. The molecule has 2 aromatic heterocycles. The SMILES string of the molecule is c1ccc(-c2ccc(-c3ccccc3)c(N(c3ccccc3)c3ccc4cc5c6cc(-c7ccccc7)cc7c8cc9ccc(N(c%10ccccc%10)c%10cc(-c%11ccccc%11)ccc%10-c%10ccccc%10)cc9cc8n(c5cc4c3)c67)c2)cc1. The second-order valence-electron chi connectivity index (χ2n) is 21.7. The van der Waals surface area contributed by atoms with Crippen LogP contribution >= 0.6 is 0 Å². The van der Waals surface area contributed by atoms with Crippen molar-refractivity contribution in [1.82, 2.24) is 4.40 Å². The van der Waals surface area contributed by atoms with E-state index in [4.69, 9.17) is 0 Å². The van der Waals surface area contributed by atoms with Gasteiger partial charge in [0.2, 0.25) is 0 Å². The Morgan fingerprint density at radius 2 is 0.554 bits per heavy atom. The Morgan fingerprint density at radius 3 is 0.940 bits per heavy atom. The van der Waals surface area contributed by atoms with Crippen LogP contribution in [0.5, 0.6) is 0 Å². The van der Waals surface area contributed by atoms with E-state index < -0.39 is 0 Å². The largest absolute Gasteiger partial charge is 0.310 e. The van der Waals surface area contributed by atoms with Gasteiger partial charge in [0.25, 0.3) is 0 Å². The summed E-state index contributed by atoms with van der Waals surface area (Å²) in [7, 11) is 0. The second kappa shape index (κ2) is 20.0. The lowest BCUT2D eigenvalue weighted by molar-refractivity contribution is 1.29. The molecular weight excluding hydrogens is 1000 g/mol. The molecule has 16 aromatic rings. The van der Waals surface area contributed by atoms with Gasteiger partial charge in [-0.1, -0.05) is 224 Å². The fourth-order valence-corrected chi connectivity index (χ4v) is 12.9. The zero-order chi connectivity index (χ0) is 54.8. The Hall–Kier alpha value is -11.0. The van der Waals surface area contributed by atoms with Gasteiger partial charge < -0.3 is 14.2 Å². The topological polar surface area (TPSA) is 10.9 Å². The highest BCUT2D eigenvalue weighted by molar-refractivity contribution is 6.27. The molecule has 0 saturated heterocycles. The third kappa shape index (κ3) is 8.37. The molecular formula is C80H53N3. The average Bonchev–Trinajstić information content (AvgIpc) is 1.91. The first-order valence-corrected chi connectivity index (χ1v) is 28.6. The minimum atomic E-state index is 1.08. The van der Waals surface area contributed by atoms with Crippen LogP contribution in [0.2, 0.25) is 0 Å². The Bertz CT molecular complexity index is 4750. The minimum Gasteiger partial charge on any atom is -0.310 e. The van der Waals surface area contributed by atoms with Crippen molar-refractivity contribution < 1.29 is 0 Å². The minimum absolute atomic E-state index is 1.08. The van der Waals surface area contributed by atoms with E-state index in [1.165, 1.54) is 93.0 Å². The van der Waals surface area contributed by atoms with Crippen LogP contribution in [0.1, 0.15) is 0 Å². The maximum Gasteiger partial charge on any atom is 0.0620 e. The van der Waals surface area contributed by atoms with Crippen molar-refractivity contribution in [2.24, 2.45) is 0 Å². The molecule has 0 aliphatic carbocycles. The molecule has 0 saturated carbocycles. The number of anilines is 6. The fourth-order valence-electron chi connectivity index (χ4n) is 12.9. The maximum absolute atomic E-state index is 2.56. The molecule has 0 fully saturated rings. The highest BCUT2D eigenvalue weighted by atomic mass is 15.2. The highest BCUT2D eigenvalue weighted by Crippen LogP contribution is 2.49. The van der Waals surface area contributed by atoms with Gasteiger partial charge >= 0.3 is 0 Å². The van der Waals surface area contributed by atoms with Gasteiger partial charge in [0.05, 0.1) is 27.9 Å². The van der Waals surface area contributed by atoms with Crippen LogP contribution in [0.4, 0.5) is 34.1 Å². The number of rotatable bonds is 11. The third-order valence-electron chi connectivity index (χ3n) is 16.8. The van der Waals surface area contributed by atoms with Crippen molar-refractivity contribution in [2.45, 2.75) is 0 Å². The molecule has 0 aliphatic rings. The van der Waals surface area contributed by atoms with E-state index in [0.29, 0.717) is 0 Å². The van der Waals surface area contributed by atoms with Gasteiger partial charge in [0.15, 0.2) is 0 Å². The van der Waals surface area contributed by atoms with Gasteiger partial charge in [-0.15, -0.1) is 0 Å². The van der Waals surface area contributed by atoms with Crippen LogP contribution in [0.15, 0.2) is 322 Å². The number of nitrogens with zero attached hydrogens (tertiary/aromatic N) is 3. The molecule has 2 heterocycles. The third-order valence-corrected chi connectivity index (χ3v) is 16.8. The zero-order valence-electron chi connectivity index (χ0n) is 45.4. The van der Waals surface area contributed by atoms with Gasteiger partial charge in [-0.3, -0.25) is 0 Å². The lowest BCUT2D eigenvalue weighted by Gasteiger charge is -2.29. The average molecular weight is 1060 g/mol. The van der Waals surface area contributed by atoms with Gasteiger partial charge in [0.1, 0.15) is 0 Å². The standard InChI is InChI=1S/C80H53N3/c1-8-22-54(23-9-1)61-38-42-70(57-28-14-4-15-29-57)76(50-61)81(66-32-18-6-19-33-66)68-40-36-59-46-72-74-48-65(56-26-12-3-13-27-56)49-75-73-47-60-37-41-69(45-64(60)53-79(73)83(80(74)75)78(72)52-63(59)44-68)82(67-34-20-7-21-35-67)77-51-62(55-24-10-2-11-25-55)39-43-71(77)58-30-16-5-17-31-58/h1-53H. The lowest BCUT2D eigenvalue weighted by atomic mass is 9.96. The number of aromatic nitrogens is 1. The van der Waals surface area contributed by atoms with E-state index in [1.807, 2.05) is 0 Å². The molecule has 388 valence electrons. The summed E-state index contributed by atoms with van der Waals surface area (Å²) in [4.78, 5) is 4.88. The van der Waals surface area contributed by atoms with Crippen molar-refractivity contribution in [2.75, 3.05) is 9.80 Å². The summed E-state index contributed by atoms with van der Waals surface area (Å²) in [5.41, 5.74) is 21.9. The predicted molar refractivity (Wildman–Crippen MR) is 353 cm³/mol. The van der Waals surface area contributed by atoms with Crippen LogP contribution in [0.25, 0.3) is 115 Å². The molecule has 0 unspecified atom stereocenters. The number of para-hydroxylation sites is 2. The molecule has 0 amide bonds. The van der Waals surface area contributed by atoms with E-state index in [1.54, 1.807) is 0 Å². The predicted octanol–water partition coefficient (Wildman–Crippen LogP) is 22.4. The van der Waals surface area contributed by atoms with Crippen molar-refractivity contribution in [3.8, 4) is 55.6 Å². The van der Waals surface area contributed by atoms with E-state index in [-0.39, 0.29) is 0 Å². The molecule has 3 nitrogen and oxygen atoms in total. The highest BCUT2D eigenvalue weighted by Gasteiger charge is 2.24. The van der Waals surface area contributed by atoms with Crippen molar-refractivity contribution in [1.29, 1.82) is 0 Å². The Balaban J connectivity index is 0.922. The van der Waals surface area contributed by atoms with E-state index in [2.05, 4.69) is 336 Å². The lowest BCUT2D eigenvalue weighted by Crippen LogP contribution is -2.11. The van der Waals surface area contributed by atoms with Gasteiger partial charge in [-0.25, -0.2) is 0 Å². The van der Waals surface area contributed by atoms with Crippen LogP contribution in [-0.4, -0.2) is 4.40 Å². The van der Waals surface area contributed by atoms with Gasteiger partial charge in [-0.2, -0.15) is 0 Å². The molecule has 0 aliphatic heterocycles. The first-order valence-electron chi connectivity index (χ1n) is 28.6. The summed E-state index contributed by atoms with van der Waals surface area (Å²) < 4.78 is 2.56. The maximum atomic E-state index is 2.56. The van der Waals surface area contributed by atoms with Crippen LogP contribution in [-0.2, 0) is 0 Å². The normalized spacial score (nSPS) is 11.6. The van der Waals surface area contributed by atoms with Crippen molar-refractivity contribution in [3.05, 3.63) is 322 Å². The van der Waals surface area contributed by atoms with Crippen LogP contribution in [0, 0.1) is 0 Å². The first kappa shape index (κ1) is 48.0. The molecule has 3 heteroatoms. The van der Waals surface area contributed by atoms with Crippen molar-refractivity contribution >= 4 is 93.8 Å². The Kier molecular flexibility index (Phi) is 11.5. The van der Waals surface area contributed by atoms with Crippen LogP contribution < -0.4 is 9.80 Å². The summed E-state index contributed by atoms with van der Waals surface area (Å²) in [5, 5.41) is 9.70. The summed E-state index contributed by atoms with van der Waals surface area (Å²) >= 11 is 0. The Labute approximate surface area is 482 Å². The smallest absolute Gasteiger partial charge is 0.0620 e. The summed E-state index contributed by atoms with van der Waals surface area (Å²) in [6, 6.07) is 118. The van der Waals surface area contributed by atoms with E-state index >= 15 is 0 Å². The number of benzene rings is 14. The molecule has 0 atom stereocenters. The van der Waals surface area contributed by atoms with Crippen LogP contribution in [0.3, 0.4) is 0 Å². The monoisotopic (exact) mass is 1060 g/mol. The number of fused-ring (bicyclic) bond motifs is 8. The zero-order valence-corrected chi connectivity index (χ0v) is 45.4. The summed E-state index contributed by atoms with van der Waals surface area (Å²) in [6.07, 6.45) is 0. The van der Waals surface area contributed by atoms with Gasteiger partial charge in [-0.05, 0) is 163 Å². The quantitative estimate of drug-likeness (QED) is 0.128. The molecule has 0 bridgehead atoms. The molecule has 16 rings (SSSR count). The fraction of sp³-hybridized carbons (Fsp3) is 0. The Morgan fingerprint density at radius 1 is 0.205 bits per heavy atom. The summed E-state index contributed by atoms with van der Waals surface area (Å²) in [6.45, 7) is 0. The number of hydrogen-bond acceptors (Lipinski definition) is 2. The van der Waals surface area contributed by atoms with Gasteiger partial charge in [0, 0.05) is 55.4 Å². The van der Waals surface area contributed by atoms with E-state index in [0.717, 1.165) is 56.4 Å². The molecule has 0 N–H and O–H groups in total. The summed E-state index contributed by atoms with van der Waals surface area (Å²) in [5.74, 6) is 0. The number of hydrogen-bond donors (Lipinski definition) is 0. The molecule has 14 aromatic carbocycles.